The maximum Gasteiger partial charge on any atom is 0.333 e. The van der Waals surface area contributed by atoms with E-state index in [9.17, 15) is 4.79 Å². The van der Waals surface area contributed by atoms with Crippen LogP contribution in [-0.2, 0) is 20.5 Å². The first kappa shape index (κ1) is 17.8. The molecule has 0 bridgehead atoms. The number of hydrogen-bond acceptors (Lipinski definition) is 4. The minimum absolute atomic E-state index is 0.116. The molecule has 1 aliphatic rings. The fourth-order valence-corrected chi connectivity index (χ4v) is 4.49. The summed E-state index contributed by atoms with van der Waals surface area (Å²) >= 11 is 0. The third kappa shape index (κ3) is 2.53. The predicted octanol–water partition coefficient (Wildman–Crippen LogP) is 3.55. The number of imidazole rings is 1. The van der Waals surface area contributed by atoms with E-state index in [4.69, 9.17) is 0 Å². The van der Waals surface area contributed by atoms with Gasteiger partial charge in [-0.15, -0.1) is 0 Å². The van der Waals surface area contributed by atoms with Crippen molar-refractivity contribution in [3.05, 3.63) is 76.4 Å². The van der Waals surface area contributed by atoms with E-state index < -0.39 is 0 Å². The molecule has 0 spiro atoms. The molecular weight excluding hydrogens is 388 g/mol. The second-order valence-electron chi connectivity index (χ2n) is 8.04. The smallest absolute Gasteiger partial charge is 0.293 e. The molecule has 0 radical (unpaired) electrons. The first-order valence-corrected chi connectivity index (χ1v) is 10.2. The van der Waals surface area contributed by atoms with E-state index >= 15 is 0 Å². The Morgan fingerprint density at radius 1 is 1.03 bits per heavy atom. The van der Waals surface area contributed by atoms with Crippen LogP contribution in [0.1, 0.15) is 17.0 Å². The Morgan fingerprint density at radius 3 is 2.71 bits per heavy atom. The average Bonchev–Trinajstić information content (AvgIpc) is 3.44. The largest absolute Gasteiger partial charge is 0.333 e. The highest BCUT2D eigenvalue weighted by Gasteiger charge is 2.19. The molecule has 0 saturated carbocycles. The van der Waals surface area contributed by atoms with Crippen molar-refractivity contribution in [2.24, 2.45) is 14.1 Å². The molecule has 4 aromatic heterocycles. The first-order valence-electron chi connectivity index (χ1n) is 10.2. The SMILES string of the molecule is Cc1nn(C)cc1-n1c(=O)n(C)c2cnc3ccc(-c4cnc5c(c4)C=CC5)cc3c21. The number of aromatic nitrogens is 6. The van der Waals surface area contributed by atoms with Gasteiger partial charge in [0.2, 0.25) is 0 Å². The van der Waals surface area contributed by atoms with Gasteiger partial charge in [0, 0.05) is 43.9 Å². The lowest BCUT2D eigenvalue weighted by Crippen LogP contribution is -2.21. The number of hydrogen-bond donors (Lipinski definition) is 0. The number of benzene rings is 1. The summed E-state index contributed by atoms with van der Waals surface area (Å²) in [5.74, 6) is 0. The lowest BCUT2D eigenvalue weighted by Gasteiger charge is -2.08. The van der Waals surface area contributed by atoms with Crippen molar-refractivity contribution in [2.75, 3.05) is 0 Å². The van der Waals surface area contributed by atoms with Crippen LogP contribution in [-0.4, -0.2) is 28.9 Å². The molecule has 0 atom stereocenters. The quantitative estimate of drug-likeness (QED) is 0.448. The second-order valence-corrected chi connectivity index (χ2v) is 8.04. The minimum atomic E-state index is -0.116. The van der Waals surface area contributed by atoms with Crippen molar-refractivity contribution in [1.29, 1.82) is 0 Å². The molecule has 0 amide bonds. The standard InChI is InChI=1S/C24H20N6O/c1-14-22(13-28(2)27-14)30-23-18-10-15(17-9-16-5-4-6-19(16)25-11-17)7-8-20(18)26-12-21(23)29(3)24(30)31/h4-5,7-13H,6H2,1-3H3. The van der Waals surface area contributed by atoms with Crippen LogP contribution in [0, 0.1) is 6.92 Å². The van der Waals surface area contributed by atoms with Crippen LogP contribution in [0.3, 0.4) is 0 Å². The fraction of sp³-hybridized carbons (Fsp3) is 0.167. The fourth-order valence-electron chi connectivity index (χ4n) is 4.49. The summed E-state index contributed by atoms with van der Waals surface area (Å²) in [4.78, 5) is 22.5. The second kappa shape index (κ2) is 6.25. The van der Waals surface area contributed by atoms with Crippen molar-refractivity contribution in [1.82, 2.24) is 28.9 Å². The molecular formula is C24H20N6O. The summed E-state index contributed by atoms with van der Waals surface area (Å²) in [5, 5.41) is 5.36. The molecule has 4 heterocycles. The third-order valence-electron chi connectivity index (χ3n) is 6.06. The highest BCUT2D eigenvalue weighted by molar-refractivity contribution is 6.04. The van der Waals surface area contributed by atoms with Gasteiger partial charge in [0.05, 0.1) is 39.8 Å². The number of nitrogens with zero attached hydrogens (tertiary/aromatic N) is 6. The highest BCUT2D eigenvalue weighted by Crippen LogP contribution is 2.31. The molecule has 0 saturated heterocycles. The van der Waals surface area contributed by atoms with E-state index in [1.807, 2.05) is 32.4 Å². The Morgan fingerprint density at radius 2 is 1.90 bits per heavy atom. The molecule has 7 nitrogen and oxygen atoms in total. The van der Waals surface area contributed by atoms with Gasteiger partial charge in [-0.1, -0.05) is 18.2 Å². The van der Waals surface area contributed by atoms with Gasteiger partial charge in [-0.05, 0) is 36.2 Å². The van der Waals surface area contributed by atoms with Crippen LogP contribution in [0.5, 0.6) is 0 Å². The summed E-state index contributed by atoms with van der Waals surface area (Å²) in [7, 11) is 3.64. The van der Waals surface area contributed by atoms with Crippen LogP contribution < -0.4 is 5.69 Å². The Labute approximate surface area is 177 Å². The topological polar surface area (TPSA) is 70.5 Å². The Kier molecular flexibility index (Phi) is 3.59. The van der Waals surface area contributed by atoms with E-state index in [2.05, 4.69) is 45.4 Å². The summed E-state index contributed by atoms with van der Waals surface area (Å²) in [5.41, 5.74) is 8.29. The first-order chi connectivity index (χ1) is 15.0. The van der Waals surface area contributed by atoms with Crippen LogP contribution in [0.4, 0.5) is 0 Å². The monoisotopic (exact) mass is 408 g/mol. The van der Waals surface area contributed by atoms with Crippen LogP contribution in [0.15, 0.2) is 53.7 Å². The summed E-state index contributed by atoms with van der Waals surface area (Å²) in [6.07, 6.45) is 10.7. The van der Waals surface area contributed by atoms with Crippen molar-refractivity contribution in [3.63, 3.8) is 0 Å². The van der Waals surface area contributed by atoms with Crippen LogP contribution in [0.25, 0.3) is 44.8 Å². The summed E-state index contributed by atoms with van der Waals surface area (Å²) in [6.45, 7) is 1.92. The lowest BCUT2D eigenvalue weighted by molar-refractivity contribution is 0.756. The van der Waals surface area contributed by atoms with Crippen LogP contribution >= 0.6 is 0 Å². The molecule has 0 N–H and O–H groups in total. The van der Waals surface area contributed by atoms with Gasteiger partial charge in [-0.2, -0.15) is 5.10 Å². The molecule has 1 aliphatic carbocycles. The number of aryl methyl sites for hydroxylation is 3. The van der Waals surface area contributed by atoms with Crippen molar-refractivity contribution in [3.8, 4) is 16.8 Å². The zero-order valence-electron chi connectivity index (χ0n) is 17.5. The summed E-state index contributed by atoms with van der Waals surface area (Å²) in [6, 6.07) is 8.34. The molecule has 1 aromatic carbocycles. The van der Waals surface area contributed by atoms with Crippen LogP contribution in [0.2, 0.25) is 0 Å². The molecule has 0 fully saturated rings. The van der Waals surface area contributed by atoms with E-state index in [0.29, 0.717) is 0 Å². The highest BCUT2D eigenvalue weighted by atomic mass is 16.1. The van der Waals surface area contributed by atoms with Crippen molar-refractivity contribution < 1.29 is 0 Å². The van der Waals surface area contributed by atoms with Gasteiger partial charge in [-0.3, -0.25) is 23.8 Å². The van der Waals surface area contributed by atoms with Crippen molar-refractivity contribution >= 4 is 28.0 Å². The molecule has 0 aliphatic heterocycles. The Hall–Kier alpha value is -4.00. The zero-order valence-corrected chi connectivity index (χ0v) is 17.5. The maximum absolute atomic E-state index is 13.2. The minimum Gasteiger partial charge on any atom is -0.293 e. The molecule has 5 aromatic rings. The predicted molar refractivity (Wildman–Crippen MR) is 121 cm³/mol. The zero-order chi connectivity index (χ0) is 21.3. The molecule has 0 unspecified atom stereocenters. The molecule has 6 rings (SSSR count). The van der Waals surface area contributed by atoms with Gasteiger partial charge in [0.15, 0.2) is 0 Å². The lowest BCUT2D eigenvalue weighted by atomic mass is 10.0. The summed E-state index contributed by atoms with van der Waals surface area (Å²) < 4.78 is 5.12. The molecule has 152 valence electrons. The number of pyridine rings is 2. The van der Waals surface area contributed by atoms with E-state index in [1.54, 1.807) is 27.1 Å². The number of allylic oxidation sites excluding steroid dienone is 1. The van der Waals surface area contributed by atoms with Gasteiger partial charge >= 0.3 is 5.69 Å². The van der Waals surface area contributed by atoms with Gasteiger partial charge < -0.3 is 0 Å². The van der Waals surface area contributed by atoms with E-state index in [0.717, 1.165) is 62.1 Å². The molecule has 31 heavy (non-hydrogen) atoms. The van der Waals surface area contributed by atoms with Crippen molar-refractivity contribution in [2.45, 2.75) is 13.3 Å². The van der Waals surface area contributed by atoms with Gasteiger partial charge in [0.25, 0.3) is 0 Å². The van der Waals surface area contributed by atoms with E-state index in [-0.39, 0.29) is 5.69 Å². The molecule has 7 heteroatoms. The normalized spacial score (nSPS) is 12.9. The van der Waals surface area contributed by atoms with Gasteiger partial charge in [0.1, 0.15) is 0 Å². The maximum atomic E-state index is 13.2. The van der Waals surface area contributed by atoms with E-state index in [1.165, 1.54) is 0 Å². The van der Waals surface area contributed by atoms with Gasteiger partial charge in [-0.25, -0.2) is 4.79 Å². The Bertz CT molecular complexity index is 1620. The number of fused-ring (bicyclic) bond motifs is 4. The average molecular weight is 408 g/mol. The Balaban J connectivity index is 1.68. The number of rotatable bonds is 2. The third-order valence-corrected chi connectivity index (χ3v) is 6.06.